The summed E-state index contributed by atoms with van der Waals surface area (Å²) in [5, 5.41) is 6.44. The summed E-state index contributed by atoms with van der Waals surface area (Å²) in [6.07, 6.45) is 1.59. The smallest absolute Gasteiger partial charge is 0.238 e. The minimum Gasteiger partial charge on any atom is -0.322 e. The van der Waals surface area contributed by atoms with Crippen molar-refractivity contribution in [1.82, 2.24) is 15.2 Å². The van der Waals surface area contributed by atoms with E-state index in [4.69, 9.17) is 11.6 Å². The highest BCUT2D eigenvalue weighted by molar-refractivity contribution is 6.32. The van der Waals surface area contributed by atoms with E-state index in [-0.39, 0.29) is 5.91 Å². The van der Waals surface area contributed by atoms with Gasteiger partial charge in [-0.05, 0) is 19.1 Å². The van der Waals surface area contributed by atoms with Gasteiger partial charge in [0.15, 0.2) is 5.15 Å². The number of carbonyl (C=O) groups is 1. The van der Waals surface area contributed by atoms with Crippen LogP contribution in [0, 0.1) is 0 Å². The summed E-state index contributed by atoms with van der Waals surface area (Å²) in [6, 6.07) is 3.91. The number of hydrogen-bond acceptors (Lipinski definition) is 4. The van der Waals surface area contributed by atoms with Crippen molar-refractivity contribution in [3.63, 3.8) is 0 Å². The van der Waals surface area contributed by atoms with Crippen molar-refractivity contribution in [3.8, 4) is 0 Å². The monoisotopic (exact) mass is 268 g/mol. The van der Waals surface area contributed by atoms with Gasteiger partial charge in [0.25, 0.3) is 0 Å². The van der Waals surface area contributed by atoms with Gasteiger partial charge in [0.1, 0.15) is 0 Å². The molecule has 0 radical (unpaired) electrons. The number of nitrogens with one attached hydrogen (secondary N) is 2. The van der Waals surface area contributed by atoms with Crippen LogP contribution in [0.5, 0.6) is 0 Å². The molecule has 1 aliphatic rings. The molecule has 0 aliphatic carbocycles. The highest BCUT2D eigenvalue weighted by Gasteiger charge is 2.18. The van der Waals surface area contributed by atoms with Gasteiger partial charge in [-0.15, -0.1) is 0 Å². The summed E-state index contributed by atoms with van der Waals surface area (Å²) in [4.78, 5) is 17.9. The first-order chi connectivity index (χ1) is 8.65. The van der Waals surface area contributed by atoms with E-state index in [9.17, 15) is 4.79 Å². The lowest BCUT2D eigenvalue weighted by molar-refractivity contribution is -0.117. The molecule has 1 saturated heterocycles. The molecule has 0 bridgehead atoms. The Labute approximate surface area is 112 Å². The van der Waals surface area contributed by atoms with Crippen LogP contribution in [0.4, 0.5) is 5.69 Å². The van der Waals surface area contributed by atoms with Gasteiger partial charge in [0.05, 0.1) is 12.2 Å². The molecule has 6 heteroatoms. The molecule has 0 spiro atoms. The van der Waals surface area contributed by atoms with Crippen LogP contribution in [-0.4, -0.2) is 48.0 Å². The lowest BCUT2D eigenvalue weighted by atomic mass is 10.2. The number of hydrogen-bond donors (Lipinski definition) is 2. The standard InChI is InChI=1S/C12H17ClN4O/c1-9-7-17(6-5-14-9)8-11(18)16-10-3-2-4-15-12(10)13/h2-4,9,14H,5-8H2,1H3,(H,16,18)/t9-/m1/s1. The topological polar surface area (TPSA) is 57.3 Å². The number of nitrogens with zero attached hydrogens (tertiary/aromatic N) is 2. The Morgan fingerprint density at radius 3 is 3.28 bits per heavy atom. The summed E-state index contributed by atoms with van der Waals surface area (Å²) in [6.45, 7) is 5.19. The van der Waals surface area contributed by atoms with Gasteiger partial charge in [0, 0.05) is 31.9 Å². The average molecular weight is 269 g/mol. The molecular weight excluding hydrogens is 252 g/mol. The second kappa shape index (κ2) is 6.13. The van der Waals surface area contributed by atoms with Crippen LogP contribution >= 0.6 is 11.6 Å². The Hall–Kier alpha value is -1.17. The van der Waals surface area contributed by atoms with Crippen LogP contribution in [0.25, 0.3) is 0 Å². The van der Waals surface area contributed by atoms with Crippen LogP contribution in [0.1, 0.15) is 6.92 Å². The Morgan fingerprint density at radius 1 is 1.72 bits per heavy atom. The second-order valence-electron chi connectivity index (χ2n) is 4.48. The molecule has 2 N–H and O–H groups in total. The third-order valence-corrected chi connectivity index (χ3v) is 3.15. The van der Waals surface area contributed by atoms with Crippen molar-refractivity contribution in [2.45, 2.75) is 13.0 Å². The van der Waals surface area contributed by atoms with Crippen molar-refractivity contribution in [1.29, 1.82) is 0 Å². The molecule has 1 aromatic rings. The molecule has 1 amide bonds. The van der Waals surface area contributed by atoms with E-state index in [2.05, 4.69) is 27.4 Å². The van der Waals surface area contributed by atoms with E-state index in [0.29, 0.717) is 23.4 Å². The lowest BCUT2D eigenvalue weighted by Crippen LogP contribution is -2.51. The summed E-state index contributed by atoms with van der Waals surface area (Å²) >= 11 is 5.88. The fourth-order valence-corrected chi connectivity index (χ4v) is 2.19. The van der Waals surface area contributed by atoms with E-state index in [1.165, 1.54) is 0 Å². The predicted molar refractivity (Wildman–Crippen MR) is 71.8 cm³/mol. The molecule has 0 unspecified atom stereocenters. The van der Waals surface area contributed by atoms with Crippen molar-refractivity contribution in [2.75, 3.05) is 31.5 Å². The zero-order valence-electron chi connectivity index (χ0n) is 10.3. The minimum absolute atomic E-state index is 0.0565. The van der Waals surface area contributed by atoms with E-state index < -0.39 is 0 Å². The van der Waals surface area contributed by atoms with Gasteiger partial charge in [-0.3, -0.25) is 9.69 Å². The molecule has 1 aromatic heterocycles. The molecule has 5 nitrogen and oxygen atoms in total. The average Bonchev–Trinajstić information content (AvgIpc) is 2.32. The fraction of sp³-hybridized carbons (Fsp3) is 0.500. The van der Waals surface area contributed by atoms with E-state index in [1.807, 2.05) is 0 Å². The predicted octanol–water partition coefficient (Wildman–Crippen LogP) is 0.967. The highest BCUT2D eigenvalue weighted by Crippen LogP contribution is 2.17. The largest absolute Gasteiger partial charge is 0.322 e. The molecular formula is C12H17ClN4O. The molecule has 1 fully saturated rings. The van der Waals surface area contributed by atoms with Crippen LogP contribution in [0.15, 0.2) is 18.3 Å². The number of pyridine rings is 1. The Balaban J connectivity index is 1.87. The Morgan fingerprint density at radius 2 is 2.56 bits per heavy atom. The third kappa shape index (κ3) is 3.66. The number of amides is 1. The SMILES string of the molecule is C[C@@H]1CN(CC(=O)Nc2cccnc2Cl)CCN1. The summed E-state index contributed by atoms with van der Waals surface area (Å²) < 4.78 is 0. The molecule has 2 heterocycles. The lowest BCUT2D eigenvalue weighted by Gasteiger charge is -2.31. The van der Waals surface area contributed by atoms with Crippen molar-refractivity contribution < 1.29 is 4.79 Å². The molecule has 1 aliphatic heterocycles. The number of anilines is 1. The second-order valence-corrected chi connectivity index (χ2v) is 4.84. The van der Waals surface area contributed by atoms with Crippen LogP contribution < -0.4 is 10.6 Å². The van der Waals surface area contributed by atoms with Crippen molar-refractivity contribution >= 4 is 23.2 Å². The number of aromatic nitrogens is 1. The number of rotatable bonds is 3. The molecule has 0 saturated carbocycles. The van der Waals surface area contributed by atoms with Crippen LogP contribution in [-0.2, 0) is 4.79 Å². The van der Waals surface area contributed by atoms with Gasteiger partial charge >= 0.3 is 0 Å². The molecule has 0 aromatic carbocycles. The Bertz CT molecular complexity index is 426. The normalized spacial score (nSPS) is 20.7. The summed E-state index contributed by atoms with van der Waals surface area (Å²) in [7, 11) is 0. The molecule has 2 rings (SSSR count). The first-order valence-corrected chi connectivity index (χ1v) is 6.39. The first kappa shape index (κ1) is 13.3. The Kier molecular flexibility index (Phi) is 4.52. The van der Waals surface area contributed by atoms with Crippen molar-refractivity contribution in [2.24, 2.45) is 0 Å². The zero-order chi connectivity index (χ0) is 13.0. The van der Waals surface area contributed by atoms with Crippen molar-refractivity contribution in [3.05, 3.63) is 23.5 Å². The summed E-state index contributed by atoms with van der Waals surface area (Å²) in [5.41, 5.74) is 0.562. The molecule has 98 valence electrons. The fourth-order valence-electron chi connectivity index (χ4n) is 2.03. The van der Waals surface area contributed by atoms with Gasteiger partial charge in [-0.25, -0.2) is 4.98 Å². The van der Waals surface area contributed by atoms with Gasteiger partial charge in [-0.1, -0.05) is 11.6 Å². The maximum absolute atomic E-state index is 11.9. The van der Waals surface area contributed by atoms with E-state index >= 15 is 0 Å². The molecule has 18 heavy (non-hydrogen) atoms. The molecule has 1 atom stereocenters. The number of piperazine rings is 1. The first-order valence-electron chi connectivity index (χ1n) is 6.01. The zero-order valence-corrected chi connectivity index (χ0v) is 11.1. The van der Waals surface area contributed by atoms with Crippen LogP contribution in [0.3, 0.4) is 0 Å². The minimum atomic E-state index is -0.0565. The maximum atomic E-state index is 11.9. The quantitative estimate of drug-likeness (QED) is 0.802. The van der Waals surface area contributed by atoms with Gasteiger partial charge in [-0.2, -0.15) is 0 Å². The highest BCUT2D eigenvalue weighted by atomic mass is 35.5. The number of halogens is 1. The van der Waals surface area contributed by atoms with Gasteiger partial charge in [0.2, 0.25) is 5.91 Å². The maximum Gasteiger partial charge on any atom is 0.238 e. The van der Waals surface area contributed by atoms with E-state index in [1.54, 1.807) is 18.3 Å². The van der Waals surface area contributed by atoms with E-state index in [0.717, 1.165) is 19.6 Å². The van der Waals surface area contributed by atoms with Crippen LogP contribution in [0.2, 0.25) is 5.15 Å². The van der Waals surface area contributed by atoms with Gasteiger partial charge < -0.3 is 10.6 Å². The summed E-state index contributed by atoms with van der Waals surface area (Å²) in [5.74, 6) is -0.0565. The number of carbonyl (C=O) groups excluding carboxylic acids is 1. The third-order valence-electron chi connectivity index (χ3n) is 2.85.